The maximum atomic E-state index is 14.7. The van der Waals surface area contributed by atoms with E-state index in [-0.39, 0.29) is 11.5 Å². The van der Waals surface area contributed by atoms with E-state index in [0.29, 0.717) is 40.9 Å². The summed E-state index contributed by atoms with van der Waals surface area (Å²) >= 11 is 6.03. The van der Waals surface area contributed by atoms with Crippen LogP contribution in [-0.4, -0.2) is 38.6 Å². The molecule has 0 bridgehead atoms. The van der Waals surface area contributed by atoms with Crippen molar-refractivity contribution in [1.29, 1.82) is 0 Å². The molecule has 0 aromatic carbocycles. The number of rotatable bonds is 4. The number of H-pyrrole nitrogens is 1. The Morgan fingerprint density at radius 2 is 2.00 bits per heavy atom. The fourth-order valence-electron chi connectivity index (χ4n) is 4.02. The molecule has 11 heteroatoms. The molecule has 0 aliphatic heterocycles. The SMILES string of the molecule is O=C(NCC(F)(F)F)[C@@H]1CCCCC1c1nc(-c2c[nH]c3ncc(Cl)cc23)ncc1F. The van der Waals surface area contributed by atoms with Gasteiger partial charge in [0.05, 0.1) is 16.9 Å². The molecule has 1 fully saturated rings. The highest BCUT2D eigenvalue weighted by Crippen LogP contribution is 2.39. The van der Waals surface area contributed by atoms with Crippen molar-refractivity contribution in [3.8, 4) is 11.4 Å². The Hall–Kier alpha value is -2.75. The first-order chi connectivity index (χ1) is 14.7. The Bertz CT molecular complexity index is 1120. The molecule has 4 rings (SSSR count). The molecule has 1 amide bonds. The minimum Gasteiger partial charge on any atom is -0.347 e. The molecule has 164 valence electrons. The van der Waals surface area contributed by atoms with Crippen LogP contribution >= 0.6 is 11.6 Å². The van der Waals surface area contributed by atoms with Crippen molar-refractivity contribution in [2.45, 2.75) is 37.8 Å². The van der Waals surface area contributed by atoms with E-state index in [0.717, 1.165) is 12.6 Å². The van der Waals surface area contributed by atoms with Gasteiger partial charge in [-0.3, -0.25) is 4.79 Å². The summed E-state index contributed by atoms with van der Waals surface area (Å²) in [7, 11) is 0. The Morgan fingerprint density at radius 3 is 2.77 bits per heavy atom. The third-order valence-corrected chi connectivity index (χ3v) is 5.63. The largest absolute Gasteiger partial charge is 0.405 e. The molecular formula is C20H18ClF4N5O. The lowest BCUT2D eigenvalue weighted by molar-refractivity contribution is -0.141. The van der Waals surface area contributed by atoms with Gasteiger partial charge in [-0.25, -0.2) is 19.3 Å². The molecule has 3 aromatic rings. The van der Waals surface area contributed by atoms with Crippen LogP contribution < -0.4 is 5.32 Å². The van der Waals surface area contributed by atoms with E-state index in [1.54, 1.807) is 12.3 Å². The number of hydrogen-bond donors (Lipinski definition) is 2. The van der Waals surface area contributed by atoms with Crippen LogP contribution in [0.2, 0.25) is 5.02 Å². The van der Waals surface area contributed by atoms with Crippen molar-refractivity contribution in [2.24, 2.45) is 5.92 Å². The Labute approximate surface area is 179 Å². The summed E-state index contributed by atoms with van der Waals surface area (Å²) in [6.07, 6.45) is 1.81. The topological polar surface area (TPSA) is 83.6 Å². The van der Waals surface area contributed by atoms with Crippen LogP contribution in [0.25, 0.3) is 22.4 Å². The van der Waals surface area contributed by atoms with Crippen LogP contribution in [0.4, 0.5) is 17.6 Å². The minimum atomic E-state index is -4.52. The smallest absolute Gasteiger partial charge is 0.347 e. The van der Waals surface area contributed by atoms with E-state index >= 15 is 0 Å². The summed E-state index contributed by atoms with van der Waals surface area (Å²) in [6, 6.07) is 1.68. The summed E-state index contributed by atoms with van der Waals surface area (Å²) in [6.45, 7) is -1.42. The first-order valence-corrected chi connectivity index (χ1v) is 10.1. The first-order valence-electron chi connectivity index (χ1n) is 9.73. The molecule has 0 spiro atoms. The van der Waals surface area contributed by atoms with Gasteiger partial charge in [-0.2, -0.15) is 13.2 Å². The van der Waals surface area contributed by atoms with E-state index in [4.69, 9.17) is 11.6 Å². The summed E-state index contributed by atoms with van der Waals surface area (Å²) in [4.78, 5) is 28.1. The summed E-state index contributed by atoms with van der Waals surface area (Å²) in [5.74, 6) is -2.67. The summed E-state index contributed by atoms with van der Waals surface area (Å²) in [5.41, 5.74) is 1.14. The number of carbonyl (C=O) groups excluding carboxylic acids is 1. The van der Waals surface area contributed by atoms with Crippen LogP contribution in [-0.2, 0) is 4.79 Å². The van der Waals surface area contributed by atoms with Gasteiger partial charge in [-0.15, -0.1) is 0 Å². The average Bonchev–Trinajstić information content (AvgIpc) is 3.15. The van der Waals surface area contributed by atoms with E-state index in [1.807, 2.05) is 5.32 Å². The predicted molar refractivity (Wildman–Crippen MR) is 106 cm³/mol. The highest BCUT2D eigenvalue weighted by molar-refractivity contribution is 6.31. The molecule has 1 aliphatic carbocycles. The number of aromatic nitrogens is 4. The predicted octanol–water partition coefficient (Wildman–Crippen LogP) is 4.76. The van der Waals surface area contributed by atoms with Crippen molar-refractivity contribution in [1.82, 2.24) is 25.3 Å². The number of aromatic amines is 1. The number of carbonyl (C=O) groups is 1. The molecule has 3 heterocycles. The maximum Gasteiger partial charge on any atom is 0.405 e. The highest BCUT2D eigenvalue weighted by Gasteiger charge is 2.37. The average molecular weight is 456 g/mol. The second-order valence-corrected chi connectivity index (χ2v) is 7.95. The number of fused-ring (bicyclic) bond motifs is 1. The second kappa shape index (κ2) is 8.41. The van der Waals surface area contributed by atoms with Gasteiger partial charge in [0.25, 0.3) is 0 Å². The van der Waals surface area contributed by atoms with Crippen LogP contribution in [0.1, 0.15) is 37.3 Å². The lowest BCUT2D eigenvalue weighted by Crippen LogP contribution is -2.40. The Kier molecular flexibility index (Phi) is 5.83. The summed E-state index contributed by atoms with van der Waals surface area (Å²) < 4.78 is 52.3. The van der Waals surface area contributed by atoms with E-state index in [2.05, 4.69) is 19.9 Å². The second-order valence-electron chi connectivity index (χ2n) is 7.51. The lowest BCUT2D eigenvalue weighted by Gasteiger charge is -2.30. The molecule has 1 saturated carbocycles. The van der Waals surface area contributed by atoms with Gasteiger partial charge in [0.1, 0.15) is 12.2 Å². The van der Waals surface area contributed by atoms with E-state index in [9.17, 15) is 22.4 Å². The van der Waals surface area contributed by atoms with Gasteiger partial charge in [0.15, 0.2) is 11.6 Å². The van der Waals surface area contributed by atoms with Gasteiger partial charge in [-0.05, 0) is 18.9 Å². The van der Waals surface area contributed by atoms with Crippen molar-refractivity contribution in [2.75, 3.05) is 6.54 Å². The molecule has 3 aromatic heterocycles. The highest BCUT2D eigenvalue weighted by atomic mass is 35.5. The van der Waals surface area contributed by atoms with E-state index < -0.39 is 36.3 Å². The maximum absolute atomic E-state index is 14.7. The number of amides is 1. The number of nitrogens with one attached hydrogen (secondary N) is 2. The minimum absolute atomic E-state index is 0.0289. The molecule has 2 N–H and O–H groups in total. The van der Waals surface area contributed by atoms with Gasteiger partial charge < -0.3 is 10.3 Å². The molecule has 6 nitrogen and oxygen atoms in total. The molecule has 1 aliphatic rings. The zero-order valence-corrected chi connectivity index (χ0v) is 16.9. The number of nitrogens with zero attached hydrogens (tertiary/aromatic N) is 3. The third-order valence-electron chi connectivity index (χ3n) is 5.43. The van der Waals surface area contributed by atoms with Gasteiger partial charge in [-0.1, -0.05) is 24.4 Å². The standard InChI is InChI=1S/C20H18ClF4N5O/c21-10-5-13-14(7-27-17(13)26-6-10)18-28-8-15(22)16(30-18)11-3-1-2-4-12(11)19(31)29-9-20(23,24)25/h5-8,11-12H,1-4,9H2,(H,26,27)(H,29,31)/t11?,12-/m1/s1. The van der Waals surface area contributed by atoms with Crippen molar-refractivity contribution in [3.63, 3.8) is 0 Å². The molecule has 0 saturated heterocycles. The molecule has 31 heavy (non-hydrogen) atoms. The van der Waals surface area contributed by atoms with Crippen LogP contribution in [0, 0.1) is 11.7 Å². The van der Waals surface area contributed by atoms with E-state index in [1.165, 1.54) is 6.20 Å². The van der Waals surface area contributed by atoms with Crippen molar-refractivity contribution >= 4 is 28.5 Å². The van der Waals surface area contributed by atoms with Crippen molar-refractivity contribution in [3.05, 3.63) is 41.2 Å². The zero-order chi connectivity index (χ0) is 22.2. The number of pyridine rings is 1. The number of halogens is 5. The Morgan fingerprint density at radius 1 is 1.23 bits per heavy atom. The normalized spacial score (nSPS) is 19.5. The van der Waals surface area contributed by atoms with Crippen LogP contribution in [0.3, 0.4) is 0 Å². The summed E-state index contributed by atoms with van der Waals surface area (Å²) in [5, 5.41) is 2.98. The van der Waals surface area contributed by atoms with Crippen LogP contribution in [0.15, 0.2) is 24.7 Å². The molecule has 0 radical (unpaired) electrons. The lowest BCUT2D eigenvalue weighted by atomic mass is 9.76. The van der Waals surface area contributed by atoms with Gasteiger partial charge in [0, 0.05) is 35.2 Å². The third kappa shape index (κ3) is 4.63. The van der Waals surface area contributed by atoms with Crippen LogP contribution in [0.5, 0.6) is 0 Å². The van der Waals surface area contributed by atoms with Gasteiger partial charge in [0.2, 0.25) is 5.91 Å². The number of hydrogen-bond acceptors (Lipinski definition) is 4. The molecule has 2 atom stereocenters. The molecule has 1 unspecified atom stereocenters. The van der Waals surface area contributed by atoms with Gasteiger partial charge >= 0.3 is 6.18 Å². The fourth-order valence-corrected chi connectivity index (χ4v) is 4.18. The zero-order valence-electron chi connectivity index (χ0n) is 16.1. The number of alkyl halides is 3. The monoisotopic (exact) mass is 455 g/mol. The first kappa shape index (κ1) is 21.5. The quantitative estimate of drug-likeness (QED) is 0.555. The molecular weight excluding hydrogens is 438 g/mol. The van der Waals surface area contributed by atoms with Crippen molar-refractivity contribution < 1.29 is 22.4 Å². The fraction of sp³-hybridized carbons (Fsp3) is 0.400. The Balaban J connectivity index is 1.68.